The minimum Gasteiger partial charge on any atom is -0.478 e. The highest BCUT2D eigenvalue weighted by Gasteiger charge is 2.08. The molecular weight excluding hydrogens is 251 g/mol. The summed E-state index contributed by atoms with van der Waals surface area (Å²) in [6, 6.07) is 3.78. The Kier molecular flexibility index (Phi) is 6.45. The van der Waals surface area contributed by atoms with Crippen molar-refractivity contribution in [1.29, 1.82) is 0 Å². The molecule has 4 nitrogen and oxygen atoms in total. The monoisotopic (exact) mass is 270 g/mol. The van der Waals surface area contributed by atoms with Crippen LogP contribution < -0.4 is 0 Å². The number of rotatable bonds is 8. The van der Waals surface area contributed by atoms with E-state index in [1.54, 1.807) is 0 Å². The number of ether oxygens (including phenoxy) is 2. The quantitative estimate of drug-likeness (QED) is 0.738. The van der Waals surface area contributed by atoms with E-state index in [0.717, 1.165) is 6.07 Å². The lowest BCUT2D eigenvalue weighted by molar-refractivity contribution is 0.0306. The van der Waals surface area contributed by atoms with Crippen molar-refractivity contribution in [2.75, 3.05) is 19.8 Å². The first kappa shape index (κ1) is 15.6. The standard InChI is InChI=1S/C14H19FO4/c1-10(2)8-18-5-6-19-9-12-4-3-11(14(16)17)7-13(12)15/h3-4,7,10H,5-6,8-9H2,1-2H3,(H,16,17). The summed E-state index contributed by atoms with van der Waals surface area (Å²) < 4.78 is 24.1. The summed E-state index contributed by atoms with van der Waals surface area (Å²) in [7, 11) is 0. The van der Waals surface area contributed by atoms with Gasteiger partial charge in [0.05, 0.1) is 25.4 Å². The summed E-state index contributed by atoms with van der Waals surface area (Å²) in [6.07, 6.45) is 0. The van der Waals surface area contributed by atoms with Crippen LogP contribution in [0.1, 0.15) is 29.8 Å². The molecule has 0 aliphatic carbocycles. The highest BCUT2D eigenvalue weighted by atomic mass is 19.1. The molecule has 0 aliphatic heterocycles. The van der Waals surface area contributed by atoms with Crippen LogP contribution in [-0.4, -0.2) is 30.9 Å². The normalized spacial score (nSPS) is 10.9. The molecular formula is C14H19FO4. The van der Waals surface area contributed by atoms with E-state index >= 15 is 0 Å². The van der Waals surface area contributed by atoms with Crippen LogP contribution in [0.3, 0.4) is 0 Å². The van der Waals surface area contributed by atoms with Crippen molar-refractivity contribution in [3.63, 3.8) is 0 Å². The second-order valence-electron chi connectivity index (χ2n) is 4.63. The van der Waals surface area contributed by atoms with E-state index in [1.807, 2.05) is 0 Å². The maximum Gasteiger partial charge on any atom is 0.335 e. The lowest BCUT2D eigenvalue weighted by atomic mass is 10.1. The molecule has 0 saturated heterocycles. The summed E-state index contributed by atoms with van der Waals surface area (Å²) in [5.41, 5.74) is 0.273. The number of aromatic carboxylic acids is 1. The minimum absolute atomic E-state index is 0.0680. The molecule has 1 aromatic rings. The molecule has 1 N–H and O–H groups in total. The van der Waals surface area contributed by atoms with Crippen molar-refractivity contribution < 1.29 is 23.8 Å². The fourth-order valence-corrected chi connectivity index (χ4v) is 1.42. The van der Waals surface area contributed by atoms with Crippen LogP contribution in [0.15, 0.2) is 18.2 Å². The summed E-state index contributed by atoms with van der Waals surface area (Å²) in [5, 5.41) is 8.70. The Morgan fingerprint density at radius 2 is 2.00 bits per heavy atom. The van der Waals surface area contributed by atoms with Crippen molar-refractivity contribution in [1.82, 2.24) is 0 Å². The third-order valence-electron chi connectivity index (χ3n) is 2.38. The minimum atomic E-state index is -1.14. The van der Waals surface area contributed by atoms with Crippen molar-refractivity contribution in [3.05, 3.63) is 35.1 Å². The molecule has 0 aliphatic rings. The van der Waals surface area contributed by atoms with Crippen LogP contribution in [0, 0.1) is 11.7 Å². The van der Waals surface area contributed by atoms with E-state index < -0.39 is 11.8 Å². The molecule has 0 unspecified atom stereocenters. The fourth-order valence-electron chi connectivity index (χ4n) is 1.42. The number of halogens is 1. The van der Waals surface area contributed by atoms with Gasteiger partial charge in [-0.2, -0.15) is 0 Å². The van der Waals surface area contributed by atoms with E-state index in [4.69, 9.17) is 14.6 Å². The predicted molar refractivity (Wildman–Crippen MR) is 68.7 cm³/mol. The molecule has 0 aromatic heterocycles. The highest BCUT2D eigenvalue weighted by Crippen LogP contribution is 2.11. The average molecular weight is 270 g/mol. The summed E-state index contributed by atoms with van der Waals surface area (Å²) >= 11 is 0. The molecule has 0 atom stereocenters. The van der Waals surface area contributed by atoms with Gasteiger partial charge in [-0.1, -0.05) is 19.9 Å². The second kappa shape index (κ2) is 7.86. The van der Waals surface area contributed by atoms with Crippen LogP contribution in [0.4, 0.5) is 4.39 Å². The van der Waals surface area contributed by atoms with Gasteiger partial charge in [0, 0.05) is 12.2 Å². The summed E-state index contributed by atoms with van der Waals surface area (Å²) in [5.74, 6) is -1.24. The lowest BCUT2D eigenvalue weighted by Gasteiger charge is -2.08. The second-order valence-corrected chi connectivity index (χ2v) is 4.63. The summed E-state index contributed by atoms with van der Waals surface area (Å²) in [4.78, 5) is 10.6. The van der Waals surface area contributed by atoms with Gasteiger partial charge in [-0.05, 0) is 18.1 Å². The van der Waals surface area contributed by atoms with Gasteiger partial charge in [-0.25, -0.2) is 9.18 Å². The molecule has 19 heavy (non-hydrogen) atoms. The van der Waals surface area contributed by atoms with Gasteiger partial charge in [0.25, 0.3) is 0 Å². The van der Waals surface area contributed by atoms with Crippen LogP contribution in [0.5, 0.6) is 0 Å². The number of hydrogen-bond donors (Lipinski definition) is 1. The van der Waals surface area contributed by atoms with Gasteiger partial charge >= 0.3 is 5.97 Å². The average Bonchev–Trinajstić information content (AvgIpc) is 2.34. The van der Waals surface area contributed by atoms with Crippen molar-refractivity contribution >= 4 is 5.97 Å². The molecule has 0 amide bonds. The first-order valence-corrected chi connectivity index (χ1v) is 6.18. The van der Waals surface area contributed by atoms with Gasteiger partial charge in [-0.3, -0.25) is 0 Å². The number of benzene rings is 1. The van der Waals surface area contributed by atoms with Gasteiger partial charge < -0.3 is 14.6 Å². The summed E-state index contributed by atoms with van der Waals surface area (Å²) in [6.45, 7) is 5.74. The third kappa shape index (κ3) is 5.81. The van der Waals surface area contributed by atoms with Crippen LogP contribution >= 0.6 is 0 Å². The first-order valence-electron chi connectivity index (χ1n) is 6.18. The topological polar surface area (TPSA) is 55.8 Å². The predicted octanol–water partition coefficient (Wildman–Crippen LogP) is 2.71. The Hall–Kier alpha value is -1.46. The molecule has 0 saturated carbocycles. The zero-order chi connectivity index (χ0) is 14.3. The van der Waals surface area contributed by atoms with Gasteiger partial charge in [0.2, 0.25) is 0 Å². The van der Waals surface area contributed by atoms with E-state index in [0.29, 0.717) is 31.3 Å². The van der Waals surface area contributed by atoms with Gasteiger partial charge in [0.1, 0.15) is 5.82 Å². The van der Waals surface area contributed by atoms with Crippen LogP contribution in [-0.2, 0) is 16.1 Å². The van der Waals surface area contributed by atoms with E-state index in [1.165, 1.54) is 12.1 Å². The number of carboxylic acids is 1. The van der Waals surface area contributed by atoms with E-state index in [9.17, 15) is 9.18 Å². The van der Waals surface area contributed by atoms with E-state index in [-0.39, 0.29) is 12.2 Å². The fraction of sp³-hybridized carbons (Fsp3) is 0.500. The Morgan fingerprint density at radius 1 is 1.32 bits per heavy atom. The SMILES string of the molecule is CC(C)COCCOCc1ccc(C(=O)O)cc1F. The lowest BCUT2D eigenvalue weighted by Crippen LogP contribution is -2.09. The van der Waals surface area contributed by atoms with Crippen molar-refractivity contribution in [3.8, 4) is 0 Å². The Bertz CT molecular complexity index is 418. The molecule has 0 fully saturated rings. The molecule has 1 aromatic carbocycles. The number of hydrogen-bond acceptors (Lipinski definition) is 3. The highest BCUT2D eigenvalue weighted by molar-refractivity contribution is 5.87. The molecule has 0 radical (unpaired) electrons. The van der Waals surface area contributed by atoms with Gasteiger partial charge in [0.15, 0.2) is 0 Å². The zero-order valence-corrected chi connectivity index (χ0v) is 11.2. The Balaban J connectivity index is 2.32. The number of carbonyl (C=O) groups is 1. The molecule has 1 rings (SSSR count). The first-order chi connectivity index (χ1) is 9.00. The maximum absolute atomic E-state index is 13.5. The van der Waals surface area contributed by atoms with Crippen molar-refractivity contribution in [2.45, 2.75) is 20.5 Å². The Morgan fingerprint density at radius 3 is 2.58 bits per heavy atom. The molecule has 0 heterocycles. The van der Waals surface area contributed by atoms with E-state index in [2.05, 4.69) is 13.8 Å². The Labute approximate surface area is 112 Å². The third-order valence-corrected chi connectivity index (χ3v) is 2.38. The van der Waals surface area contributed by atoms with Crippen LogP contribution in [0.25, 0.3) is 0 Å². The maximum atomic E-state index is 13.5. The molecule has 0 bridgehead atoms. The largest absolute Gasteiger partial charge is 0.478 e. The molecule has 5 heteroatoms. The molecule has 106 valence electrons. The van der Waals surface area contributed by atoms with Crippen molar-refractivity contribution in [2.24, 2.45) is 5.92 Å². The number of carboxylic acid groups (broad SMARTS) is 1. The van der Waals surface area contributed by atoms with Gasteiger partial charge in [-0.15, -0.1) is 0 Å². The van der Waals surface area contributed by atoms with Crippen LogP contribution in [0.2, 0.25) is 0 Å². The smallest absolute Gasteiger partial charge is 0.335 e. The zero-order valence-electron chi connectivity index (χ0n) is 11.2. The molecule has 0 spiro atoms.